The molecule has 1 fully saturated rings. The van der Waals surface area contributed by atoms with E-state index in [1.165, 1.54) is 9.87 Å². The summed E-state index contributed by atoms with van der Waals surface area (Å²) in [5.74, 6) is 0.0517. The van der Waals surface area contributed by atoms with Gasteiger partial charge in [0.05, 0.1) is 10.0 Å². The molecule has 0 bridgehead atoms. The summed E-state index contributed by atoms with van der Waals surface area (Å²) in [6.07, 6.45) is 2.11. The van der Waals surface area contributed by atoms with Crippen LogP contribution in [0.25, 0.3) is 0 Å². The molecule has 0 spiro atoms. The Bertz CT molecular complexity index is 1020. The highest BCUT2D eigenvalue weighted by molar-refractivity contribution is 7.91. The van der Waals surface area contributed by atoms with Gasteiger partial charge in [-0.1, -0.05) is 18.5 Å². The summed E-state index contributed by atoms with van der Waals surface area (Å²) >= 11 is 6.98. The first-order chi connectivity index (χ1) is 14.6. The first-order valence-electron chi connectivity index (χ1n) is 10.7. The van der Waals surface area contributed by atoms with E-state index in [0.717, 1.165) is 35.7 Å². The lowest BCUT2D eigenvalue weighted by molar-refractivity contribution is -0.126. The zero-order valence-electron chi connectivity index (χ0n) is 18.5. The van der Waals surface area contributed by atoms with Crippen molar-refractivity contribution in [2.24, 2.45) is 11.8 Å². The van der Waals surface area contributed by atoms with Crippen LogP contribution in [-0.2, 0) is 27.8 Å². The van der Waals surface area contributed by atoms with Gasteiger partial charge in [-0.05, 0) is 63.6 Å². The van der Waals surface area contributed by atoms with Crippen LogP contribution in [0.3, 0.4) is 0 Å². The number of hydrogen-bond donors (Lipinski definition) is 1. The molecule has 7 nitrogen and oxygen atoms in total. The van der Waals surface area contributed by atoms with E-state index in [4.69, 9.17) is 11.6 Å². The fraction of sp³-hybridized carbons (Fsp3) is 0.619. The fourth-order valence-electron chi connectivity index (χ4n) is 4.27. The zero-order valence-corrected chi connectivity index (χ0v) is 20.9. The van der Waals surface area contributed by atoms with Crippen molar-refractivity contribution in [1.29, 1.82) is 0 Å². The predicted octanol–water partition coefficient (Wildman–Crippen LogP) is 3.63. The zero-order chi connectivity index (χ0) is 22.8. The van der Waals surface area contributed by atoms with E-state index in [1.807, 2.05) is 18.5 Å². The Balaban J connectivity index is 1.49. The van der Waals surface area contributed by atoms with Crippen molar-refractivity contribution in [3.8, 4) is 0 Å². The Morgan fingerprint density at radius 2 is 2.00 bits per heavy atom. The smallest absolute Gasteiger partial charge is 0.252 e. The van der Waals surface area contributed by atoms with Crippen LogP contribution in [0.1, 0.15) is 43.6 Å². The molecule has 1 saturated heterocycles. The summed E-state index contributed by atoms with van der Waals surface area (Å²) in [6, 6.07) is 3.16. The minimum absolute atomic E-state index is 0.0320. The average molecular weight is 487 g/mol. The molecule has 0 aliphatic carbocycles. The molecule has 1 aliphatic rings. The number of carbonyl (C=O) groups is 1. The van der Waals surface area contributed by atoms with Gasteiger partial charge in [-0.3, -0.25) is 9.48 Å². The number of hydrogen-bond acceptors (Lipinski definition) is 5. The maximum atomic E-state index is 12.8. The van der Waals surface area contributed by atoms with E-state index in [1.54, 1.807) is 12.1 Å². The molecule has 31 heavy (non-hydrogen) atoms. The molecule has 2 aromatic rings. The van der Waals surface area contributed by atoms with Crippen LogP contribution < -0.4 is 5.32 Å². The molecule has 0 unspecified atom stereocenters. The van der Waals surface area contributed by atoms with Crippen molar-refractivity contribution in [3.63, 3.8) is 0 Å². The largest absolute Gasteiger partial charge is 0.356 e. The van der Waals surface area contributed by atoms with E-state index in [9.17, 15) is 13.2 Å². The summed E-state index contributed by atoms with van der Waals surface area (Å²) in [4.78, 5) is 12.7. The van der Waals surface area contributed by atoms with Gasteiger partial charge in [-0.25, -0.2) is 8.42 Å². The van der Waals surface area contributed by atoms with E-state index in [-0.39, 0.29) is 22.0 Å². The predicted molar refractivity (Wildman–Crippen MR) is 124 cm³/mol. The van der Waals surface area contributed by atoms with Crippen LogP contribution in [0.15, 0.2) is 16.3 Å². The second kappa shape index (κ2) is 10.0. The van der Waals surface area contributed by atoms with Crippen LogP contribution in [0, 0.1) is 25.7 Å². The maximum Gasteiger partial charge on any atom is 0.252 e. The maximum absolute atomic E-state index is 12.8. The second-order valence-electron chi connectivity index (χ2n) is 8.09. The Morgan fingerprint density at radius 1 is 1.32 bits per heavy atom. The van der Waals surface area contributed by atoms with Gasteiger partial charge in [-0.2, -0.15) is 9.40 Å². The van der Waals surface area contributed by atoms with Gasteiger partial charge in [0, 0.05) is 37.8 Å². The van der Waals surface area contributed by atoms with Gasteiger partial charge in [0.1, 0.15) is 4.21 Å². The minimum Gasteiger partial charge on any atom is -0.356 e. The summed E-state index contributed by atoms with van der Waals surface area (Å²) < 4.78 is 29.7. The van der Waals surface area contributed by atoms with Crippen LogP contribution in [-0.4, -0.2) is 48.0 Å². The molecule has 1 amide bonds. The van der Waals surface area contributed by atoms with Crippen LogP contribution in [0.4, 0.5) is 0 Å². The summed E-state index contributed by atoms with van der Waals surface area (Å²) in [5.41, 5.74) is 3.37. The number of amides is 1. The molecule has 3 rings (SSSR count). The van der Waals surface area contributed by atoms with E-state index in [0.29, 0.717) is 36.8 Å². The molecular formula is C21H31ClN4O3S2. The number of carbonyl (C=O) groups excluding carboxylic acids is 1. The fourth-order valence-corrected chi connectivity index (χ4v) is 7.38. The van der Waals surface area contributed by atoms with Crippen LogP contribution in [0.2, 0.25) is 4.34 Å². The van der Waals surface area contributed by atoms with Crippen LogP contribution >= 0.6 is 22.9 Å². The third-order valence-electron chi connectivity index (χ3n) is 6.27. The standard InChI is InChI=1S/C21H31ClN4O3S2/c1-5-26-16(4)18(15(3)24-26)8-11-23-21(27)14(2)17-9-12-25(13-10-17)31(28,29)20-7-6-19(22)30-20/h6-7,14,17H,5,8-13H2,1-4H3,(H,23,27)/t14-/m1/s1. The lowest BCUT2D eigenvalue weighted by Crippen LogP contribution is -2.42. The van der Waals surface area contributed by atoms with Crippen LogP contribution in [0.5, 0.6) is 0 Å². The Hall–Kier alpha value is -1.42. The number of rotatable bonds is 8. The monoisotopic (exact) mass is 486 g/mol. The SMILES string of the molecule is CCn1nc(C)c(CCNC(=O)[C@H](C)C2CCN(S(=O)(=O)c3ccc(Cl)s3)CC2)c1C. The van der Waals surface area contributed by atoms with Gasteiger partial charge in [0.25, 0.3) is 10.0 Å². The van der Waals surface area contributed by atoms with E-state index >= 15 is 0 Å². The third-order valence-corrected chi connectivity index (χ3v) is 9.86. The first-order valence-corrected chi connectivity index (χ1v) is 13.3. The number of nitrogens with zero attached hydrogens (tertiary/aromatic N) is 3. The van der Waals surface area contributed by atoms with Gasteiger partial charge < -0.3 is 5.32 Å². The molecule has 1 N–H and O–H groups in total. The summed E-state index contributed by atoms with van der Waals surface area (Å²) in [5, 5.41) is 7.59. The van der Waals surface area contributed by atoms with Gasteiger partial charge >= 0.3 is 0 Å². The van der Waals surface area contributed by atoms with Crippen molar-refractivity contribution in [1.82, 2.24) is 19.4 Å². The highest BCUT2D eigenvalue weighted by Crippen LogP contribution is 2.32. The number of aryl methyl sites for hydroxylation is 2. The van der Waals surface area contributed by atoms with Crippen molar-refractivity contribution in [2.45, 2.75) is 57.7 Å². The normalized spacial score (nSPS) is 17.1. The molecule has 0 radical (unpaired) electrons. The molecule has 2 aromatic heterocycles. The number of thiophene rings is 1. The number of aromatic nitrogens is 2. The Labute approximate surface area is 193 Å². The Kier molecular flexibility index (Phi) is 7.83. The number of nitrogens with one attached hydrogen (secondary N) is 1. The second-order valence-corrected chi connectivity index (χ2v) is 12.0. The first kappa shape index (κ1) is 24.2. The molecule has 0 aromatic carbocycles. The van der Waals surface area contributed by atoms with Gasteiger partial charge in [0.2, 0.25) is 5.91 Å². The van der Waals surface area contributed by atoms with Crippen molar-refractivity contribution < 1.29 is 13.2 Å². The van der Waals surface area contributed by atoms with Gasteiger partial charge in [0.15, 0.2) is 0 Å². The minimum atomic E-state index is -3.50. The number of sulfonamides is 1. The van der Waals surface area contributed by atoms with Crippen molar-refractivity contribution in [2.75, 3.05) is 19.6 Å². The molecular weight excluding hydrogens is 456 g/mol. The lowest BCUT2D eigenvalue weighted by Gasteiger charge is -2.33. The molecule has 0 saturated carbocycles. The lowest BCUT2D eigenvalue weighted by atomic mass is 9.85. The molecule has 1 aliphatic heterocycles. The van der Waals surface area contributed by atoms with Crippen molar-refractivity contribution in [3.05, 3.63) is 33.4 Å². The highest BCUT2D eigenvalue weighted by Gasteiger charge is 2.34. The molecule has 172 valence electrons. The highest BCUT2D eigenvalue weighted by atomic mass is 35.5. The topological polar surface area (TPSA) is 84.3 Å². The number of piperidine rings is 1. The molecule has 10 heteroatoms. The third kappa shape index (κ3) is 5.32. The van der Waals surface area contributed by atoms with Gasteiger partial charge in [-0.15, -0.1) is 11.3 Å². The summed E-state index contributed by atoms with van der Waals surface area (Å²) in [6.45, 7) is 10.3. The van der Waals surface area contributed by atoms with E-state index in [2.05, 4.69) is 24.3 Å². The quantitative estimate of drug-likeness (QED) is 0.617. The number of halogens is 1. The molecule has 1 atom stereocenters. The average Bonchev–Trinajstić information content (AvgIpc) is 3.31. The van der Waals surface area contributed by atoms with E-state index < -0.39 is 10.0 Å². The Morgan fingerprint density at radius 3 is 2.55 bits per heavy atom. The van der Waals surface area contributed by atoms with Crippen molar-refractivity contribution >= 4 is 38.9 Å². The summed E-state index contributed by atoms with van der Waals surface area (Å²) in [7, 11) is -3.50. The molecule has 3 heterocycles.